The summed E-state index contributed by atoms with van der Waals surface area (Å²) < 4.78 is 31.4. The van der Waals surface area contributed by atoms with E-state index >= 15 is 0 Å². The Kier molecular flexibility index (Phi) is 5.95. The molecule has 1 aliphatic rings. The fraction of sp³-hybridized carbons (Fsp3) is 0.421. The molecule has 150 valence electrons. The first-order chi connectivity index (χ1) is 13.3. The number of nitrogens with zero attached hydrogens (tertiary/aromatic N) is 4. The number of aromatic nitrogens is 2. The van der Waals surface area contributed by atoms with Gasteiger partial charge in [-0.05, 0) is 44.0 Å². The molecule has 1 unspecified atom stereocenters. The lowest BCUT2D eigenvalue weighted by Crippen LogP contribution is -2.44. The Bertz CT molecular complexity index is 945. The van der Waals surface area contributed by atoms with Crippen LogP contribution in [0.4, 0.5) is 0 Å². The second-order valence-electron chi connectivity index (χ2n) is 6.89. The zero-order chi connectivity index (χ0) is 20.3. The van der Waals surface area contributed by atoms with E-state index in [0.29, 0.717) is 30.4 Å². The van der Waals surface area contributed by atoms with E-state index in [1.807, 2.05) is 0 Å². The van der Waals surface area contributed by atoms with Crippen LogP contribution in [0.5, 0.6) is 5.88 Å². The maximum absolute atomic E-state index is 12.8. The number of likely N-dealkylation sites (tertiary alicyclic amines) is 1. The summed E-state index contributed by atoms with van der Waals surface area (Å²) in [4.78, 5) is 23.0. The summed E-state index contributed by atoms with van der Waals surface area (Å²) in [5.41, 5.74) is 0.455. The molecule has 1 aromatic heterocycles. The number of carbonyl (C=O) groups is 1. The van der Waals surface area contributed by atoms with Gasteiger partial charge in [-0.1, -0.05) is 0 Å². The normalized spacial score (nSPS) is 17.6. The SMILES string of the molecule is Cc1nccc(OC2CCCN(C(=O)c3ccc(S(=O)(=O)N(C)C)cc3)C2)n1. The number of carbonyl (C=O) groups excluding carboxylic acids is 1. The number of ether oxygens (including phenoxy) is 1. The lowest BCUT2D eigenvalue weighted by molar-refractivity contribution is 0.0527. The molecule has 8 nitrogen and oxygen atoms in total. The van der Waals surface area contributed by atoms with Crippen LogP contribution >= 0.6 is 0 Å². The van der Waals surface area contributed by atoms with Crippen LogP contribution in [0.2, 0.25) is 0 Å². The molecular formula is C19H24N4O4S. The van der Waals surface area contributed by atoms with E-state index in [2.05, 4.69) is 9.97 Å². The Balaban J connectivity index is 1.68. The van der Waals surface area contributed by atoms with Crippen LogP contribution < -0.4 is 4.74 Å². The van der Waals surface area contributed by atoms with Crippen LogP contribution in [0.3, 0.4) is 0 Å². The predicted octanol–water partition coefficient (Wildman–Crippen LogP) is 1.72. The first-order valence-corrected chi connectivity index (χ1v) is 10.5. The molecule has 2 heterocycles. The van der Waals surface area contributed by atoms with E-state index in [1.165, 1.54) is 26.2 Å². The molecule has 1 saturated heterocycles. The number of aryl methyl sites for hydroxylation is 1. The van der Waals surface area contributed by atoms with E-state index in [-0.39, 0.29) is 16.9 Å². The van der Waals surface area contributed by atoms with Crippen LogP contribution in [0.15, 0.2) is 41.4 Å². The van der Waals surface area contributed by atoms with Crippen molar-refractivity contribution in [3.63, 3.8) is 0 Å². The van der Waals surface area contributed by atoms with Crippen molar-refractivity contribution in [1.29, 1.82) is 0 Å². The monoisotopic (exact) mass is 404 g/mol. The highest BCUT2D eigenvalue weighted by molar-refractivity contribution is 7.89. The zero-order valence-electron chi connectivity index (χ0n) is 16.2. The number of rotatable bonds is 5. The molecule has 1 atom stereocenters. The highest BCUT2D eigenvalue weighted by Gasteiger charge is 2.26. The lowest BCUT2D eigenvalue weighted by Gasteiger charge is -2.32. The summed E-state index contributed by atoms with van der Waals surface area (Å²) >= 11 is 0. The zero-order valence-corrected chi connectivity index (χ0v) is 17.0. The van der Waals surface area contributed by atoms with Gasteiger partial charge in [0.2, 0.25) is 15.9 Å². The van der Waals surface area contributed by atoms with Gasteiger partial charge in [-0.3, -0.25) is 4.79 Å². The standard InChI is InChI=1S/C19H24N4O4S/c1-14-20-11-10-18(21-14)27-16-5-4-12-23(13-16)19(24)15-6-8-17(9-7-15)28(25,26)22(2)3/h6-11,16H,4-5,12-13H2,1-3H3. The van der Waals surface area contributed by atoms with E-state index in [1.54, 1.807) is 36.2 Å². The van der Waals surface area contributed by atoms with Gasteiger partial charge in [-0.2, -0.15) is 4.98 Å². The van der Waals surface area contributed by atoms with Gasteiger partial charge in [0.05, 0.1) is 11.4 Å². The van der Waals surface area contributed by atoms with Crippen molar-refractivity contribution in [3.8, 4) is 5.88 Å². The fourth-order valence-electron chi connectivity index (χ4n) is 3.05. The van der Waals surface area contributed by atoms with Gasteiger partial charge < -0.3 is 9.64 Å². The second-order valence-corrected chi connectivity index (χ2v) is 9.04. The molecule has 2 aromatic rings. The maximum atomic E-state index is 12.8. The highest BCUT2D eigenvalue weighted by atomic mass is 32.2. The molecule has 0 aliphatic carbocycles. The summed E-state index contributed by atoms with van der Waals surface area (Å²) in [6, 6.07) is 7.74. The number of amides is 1. The van der Waals surface area contributed by atoms with E-state index < -0.39 is 10.0 Å². The Morgan fingerprint density at radius 1 is 1.21 bits per heavy atom. The van der Waals surface area contributed by atoms with Gasteiger partial charge in [0.15, 0.2) is 0 Å². The molecule has 0 radical (unpaired) electrons. The molecule has 0 bridgehead atoms. The van der Waals surface area contributed by atoms with Crippen molar-refractivity contribution in [1.82, 2.24) is 19.2 Å². The molecule has 1 aromatic carbocycles. The summed E-state index contributed by atoms with van der Waals surface area (Å²) in [6.45, 7) is 2.89. The Hall–Kier alpha value is -2.52. The van der Waals surface area contributed by atoms with Crippen molar-refractivity contribution in [2.24, 2.45) is 0 Å². The molecule has 1 fully saturated rings. The third kappa shape index (κ3) is 4.48. The first kappa shape index (κ1) is 20.2. The van der Waals surface area contributed by atoms with E-state index in [0.717, 1.165) is 17.1 Å². The molecule has 0 saturated carbocycles. The van der Waals surface area contributed by atoms with Crippen LogP contribution in [-0.4, -0.2) is 66.8 Å². The minimum atomic E-state index is -3.51. The summed E-state index contributed by atoms with van der Waals surface area (Å²) in [5.74, 6) is 1.00. The quantitative estimate of drug-likeness (QED) is 0.753. The van der Waals surface area contributed by atoms with Crippen molar-refractivity contribution in [2.45, 2.75) is 30.8 Å². The largest absolute Gasteiger partial charge is 0.472 e. The average molecular weight is 404 g/mol. The topological polar surface area (TPSA) is 92.7 Å². The van der Waals surface area contributed by atoms with Gasteiger partial charge in [0, 0.05) is 38.5 Å². The Morgan fingerprint density at radius 3 is 2.57 bits per heavy atom. The third-order valence-electron chi connectivity index (χ3n) is 4.58. The summed E-state index contributed by atoms with van der Waals surface area (Å²) in [7, 11) is -0.567. The highest BCUT2D eigenvalue weighted by Crippen LogP contribution is 2.20. The fourth-order valence-corrected chi connectivity index (χ4v) is 3.95. The predicted molar refractivity (Wildman–Crippen MR) is 104 cm³/mol. The minimum absolute atomic E-state index is 0.138. The molecule has 9 heteroatoms. The summed E-state index contributed by atoms with van der Waals surface area (Å²) in [6.07, 6.45) is 3.17. The number of hydrogen-bond donors (Lipinski definition) is 0. The van der Waals surface area contributed by atoms with Crippen molar-refractivity contribution in [3.05, 3.63) is 47.9 Å². The number of sulfonamides is 1. The number of hydrogen-bond acceptors (Lipinski definition) is 6. The molecule has 0 N–H and O–H groups in total. The van der Waals surface area contributed by atoms with Gasteiger partial charge in [-0.15, -0.1) is 0 Å². The summed E-state index contributed by atoms with van der Waals surface area (Å²) in [5, 5.41) is 0. The number of benzene rings is 1. The van der Waals surface area contributed by atoms with Crippen LogP contribution in [0.1, 0.15) is 29.0 Å². The van der Waals surface area contributed by atoms with Crippen LogP contribution in [-0.2, 0) is 10.0 Å². The van der Waals surface area contributed by atoms with Gasteiger partial charge in [0.1, 0.15) is 11.9 Å². The second kappa shape index (κ2) is 8.24. The average Bonchev–Trinajstić information content (AvgIpc) is 2.67. The Labute approximate surface area is 165 Å². The molecule has 3 rings (SSSR count). The third-order valence-corrected chi connectivity index (χ3v) is 6.41. The number of piperidine rings is 1. The molecule has 1 amide bonds. The van der Waals surface area contributed by atoms with Crippen LogP contribution in [0, 0.1) is 6.92 Å². The lowest BCUT2D eigenvalue weighted by atomic mass is 10.1. The van der Waals surface area contributed by atoms with Crippen molar-refractivity contribution in [2.75, 3.05) is 27.2 Å². The van der Waals surface area contributed by atoms with Crippen molar-refractivity contribution >= 4 is 15.9 Å². The van der Waals surface area contributed by atoms with E-state index in [4.69, 9.17) is 4.74 Å². The molecule has 0 spiro atoms. The van der Waals surface area contributed by atoms with Gasteiger partial charge in [-0.25, -0.2) is 17.7 Å². The van der Waals surface area contributed by atoms with Crippen molar-refractivity contribution < 1.29 is 17.9 Å². The van der Waals surface area contributed by atoms with Gasteiger partial charge in [0.25, 0.3) is 5.91 Å². The molecule has 1 aliphatic heterocycles. The molecular weight excluding hydrogens is 380 g/mol. The van der Waals surface area contributed by atoms with E-state index in [9.17, 15) is 13.2 Å². The first-order valence-electron chi connectivity index (χ1n) is 9.05. The smallest absolute Gasteiger partial charge is 0.253 e. The maximum Gasteiger partial charge on any atom is 0.253 e. The Morgan fingerprint density at radius 2 is 1.93 bits per heavy atom. The molecule has 28 heavy (non-hydrogen) atoms. The van der Waals surface area contributed by atoms with Gasteiger partial charge >= 0.3 is 0 Å². The minimum Gasteiger partial charge on any atom is -0.472 e. The van der Waals surface area contributed by atoms with Crippen LogP contribution in [0.25, 0.3) is 0 Å².